The molecule has 0 aromatic heterocycles. The van der Waals surface area contributed by atoms with Crippen molar-refractivity contribution in [1.82, 2.24) is 10.2 Å². The van der Waals surface area contributed by atoms with Gasteiger partial charge in [0.1, 0.15) is 0 Å². The second-order valence-corrected chi connectivity index (χ2v) is 5.58. The maximum Gasteiger partial charge on any atom is 0.259 e. The summed E-state index contributed by atoms with van der Waals surface area (Å²) in [5.41, 5.74) is 4.24. The van der Waals surface area contributed by atoms with E-state index in [1.807, 2.05) is 5.32 Å². The third-order valence-corrected chi connectivity index (χ3v) is 4.02. The first-order valence-electron chi connectivity index (χ1n) is 6.67. The van der Waals surface area contributed by atoms with Crippen molar-refractivity contribution in [3.8, 4) is 11.5 Å². The van der Waals surface area contributed by atoms with Gasteiger partial charge in [-0.1, -0.05) is 0 Å². The molecule has 2 heterocycles. The van der Waals surface area contributed by atoms with Gasteiger partial charge in [-0.15, -0.1) is 0 Å². The van der Waals surface area contributed by atoms with Crippen molar-refractivity contribution in [3.63, 3.8) is 0 Å². The number of carbonyl (C=O) groups excluding carboxylic acids is 3. The molecule has 0 saturated carbocycles. The van der Waals surface area contributed by atoms with Gasteiger partial charge in [-0.3, -0.25) is 19.7 Å². The van der Waals surface area contributed by atoms with E-state index in [-0.39, 0.29) is 5.56 Å². The van der Waals surface area contributed by atoms with Crippen molar-refractivity contribution >= 4 is 23.4 Å². The summed E-state index contributed by atoms with van der Waals surface area (Å²) in [5, 5.41) is 41.0. The van der Waals surface area contributed by atoms with E-state index in [1.165, 1.54) is 0 Å². The number of aliphatic hydroxyl groups is 2. The number of anilines is 1. The van der Waals surface area contributed by atoms with Gasteiger partial charge in [-0.25, -0.2) is 0 Å². The van der Waals surface area contributed by atoms with E-state index in [0.29, 0.717) is 4.90 Å². The van der Waals surface area contributed by atoms with E-state index in [2.05, 4.69) is 0 Å². The lowest BCUT2D eigenvalue weighted by molar-refractivity contribution is -0.213. The number of nitrogens with one attached hydrogen (secondary N) is 1. The first-order chi connectivity index (χ1) is 11.1. The fraction of sp³-hybridized carbons (Fsp3) is 0.308. The molecule has 1 aromatic rings. The molecule has 0 spiro atoms. The average molecular weight is 341 g/mol. The maximum atomic E-state index is 13.7. The second-order valence-electron chi connectivity index (χ2n) is 5.58. The molecule has 24 heavy (non-hydrogen) atoms. The van der Waals surface area contributed by atoms with Gasteiger partial charge in [-0.2, -0.15) is 4.39 Å². The van der Waals surface area contributed by atoms with E-state index in [4.69, 9.17) is 5.73 Å². The number of imide groups is 1. The number of nitrogens with zero attached hydrogens (tertiary/aromatic N) is 1. The van der Waals surface area contributed by atoms with Crippen LogP contribution >= 0.6 is 0 Å². The lowest BCUT2D eigenvalue weighted by Crippen LogP contribution is -2.66. The summed E-state index contributed by atoms with van der Waals surface area (Å²) < 4.78 is 13.7. The van der Waals surface area contributed by atoms with Crippen molar-refractivity contribution in [2.24, 2.45) is 0 Å². The van der Waals surface area contributed by atoms with Crippen LogP contribution in [0.4, 0.5) is 10.1 Å². The standard InChI is InChI=1S/C13H12FN3O7/c14-6-8(19)5-3(7(15)9(6)20)2-17(12(5)22)10-11(21)16-4(18)1-13(10,23)24/h10,19-20,23-24H,1-2,15H2,(H,16,18,21). The molecule has 1 aromatic carbocycles. The van der Waals surface area contributed by atoms with Crippen molar-refractivity contribution in [2.45, 2.75) is 24.8 Å². The quantitative estimate of drug-likeness (QED) is 0.110. The van der Waals surface area contributed by atoms with Crippen LogP contribution in [-0.4, -0.2) is 54.9 Å². The molecule has 3 amide bonds. The van der Waals surface area contributed by atoms with Gasteiger partial charge < -0.3 is 31.1 Å². The van der Waals surface area contributed by atoms with Gasteiger partial charge in [0.25, 0.3) is 11.8 Å². The molecule has 10 nitrogen and oxygen atoms in total. The Morgan fingerprint density at radius 2 is 1.83 bits per heavy atom. The molecule has 1 saturated heterocycles. The number of hydrogen-bond acceptors (Lipinski definition) is 8. The lowest BCUT2D eigenvalue weighted by atomic mass is 9.96. The number of aromatic hydroxyl groups is 2. The summed E-state index contributed by atoms with van der Waals surface area (Å²) in [5.74, 6) is -9.81. The van der Waals surface area contributed by atoms with Crippen molar-refractivity contribution in [1.29, 1.82) is 0 Å². The molecule has 0 radical (unpaired) electrons. The summed E-state index contributed by atoms with van der Waals surface area (Å²) >= 11 is 0. The summed E-state index contributed by atoms with van der Waals surface area (Å²) in [6.07, 6.45) is -0.870. The zero-order valence-corrected chi connectivity index (χ0v) is 11.9. The molecular formula is C13H12FN3O7. The predicted octanol–water partition coefficient (Wildman–Crippen LogP) is -2.13. The summed E-state index contributed by atoms with van der Waals surface area (Å²) in [6, 6.07) is -1.89. The SMILES string of the molecule is Nc1c(O)c(F)c(O)c2c1CN(C1C(=O)NC(=O)CC1(O)O)C2=O. The highest BCUT2D eigenvalue weighted by Gasteiger charge is 2.53. The fourth-order valence-corrected chi connectivity index (χ4v) is 2.93. The Bertz CT molecular complexity index is 807. The van der Waals surface area contributed by atoms with Crippen LogP contribution in [0.5, 0.6) is 11.5 Å². The van der Waals surface area contributed by atoms with Crippen LogP contribution in [0.1, 0.15) is 22.3 Å². The Balaban J connectivity index is 2.09. The average Bonchev–Trinajstić information content (AvgIpc) is 2.79. The number of phenols is 2. The molecule has 1 unspecified atom stereocenters. The number of nitrogens with two attached hydrogens (primary N) is 1. The number of halogens is 1. The number of fused-ring (bicyclic) bond motifs is 1. The van der Waals surface area contributed by atoms with Crippen LogP contribution in [0.3, 0.4) is 0 Å². The maximum absolute atomic E-state index is 13.7. The van der Waals surface area contributed by atoms with Crippen LogP contribution < -0.4 is 11.1 Å². The number of nitrogen functional groups attached to an aromatic ring is 1. The molecule has 11 heteroatoms. The number of phenolic OH excluding ortho intramolecular Hbond substituents is 2. The Morgan fingerprint density at radius 1 is 1.21 bits per heavy atom. The Kier molecular flexibility index (Phi) is 3.18. The van der Waals surface area contributed by atoms with Gasteiger partial charge in [0.2, 0.25) is 17.5 Å². The van der Waals surface area contributed by atoms with Gasteiger partial charge in [-0.05, 0) is 0 Å². The van der Waals surface area contributed by atoms with Gasteiger partial charge in [0.05, 0.1) is 24.2 Å². The van der Waals surface area contributed by atoms with E-state index >= 15 is 0 Å². The van der Waals surface area contributed by atoms with Crippen LogP contribution in [-0.2, 0) is 16.1 Å². The van der Waals surface area contributed by atoms with Crippen LogP contribution in [0, 0.1) is 5.82 Å². The van der Waals surface area contributed by atoms with Gasteiger partial charge in [0, 0.05) is 5.56 Å². The van der Waals surface area contributed by atoms with Crippen LogP contribution in [0.15, 0.2) is 0 Å². The zero-order valence-electron chi connectivity index (χ0n) is 11.9. The first-order valence-corrected chi connectivity index (χ1v) is 6.67. The normalized spacial score (nSPS) is 22.5. The van der Waals surface area contributed by atoms with Crippen molar-refractivity contribution < 1.29 is 39.2 Å². The monoisotopic (exact) mass is 341 g/mol. The summed E-state index contributed by atoms with van der Waals surface area (Å²) in [4.78, 5) is 36.2. The van der Waals surface area contributed by atoms with Crippen molar-refractivity contribution in [2.75, 3.05) is 5.73 Å². The van der Waals surface area contributed by atoms with E-state index in [1.54, 1.807) is 0 Å². The third-order valence-electron chi connectivity index (χ3n) is 4.02. The minimum absolute atomic E-state index is 0.170. The smallest absolute Gasteiger partial charge is 0.259 e. The Morgan fingerprint density at radius 3 is 2.42 bits per heavy atom. The van der Waals surface area contributed by atoms with E-state index in [0.717, 1.165) is 0 Å². The second kappa shape index (κ2) is 4.79. The first kappa shape index (κ1) is 16.0. The summed E-state index contributed by atoms with van der Waals surface area (Å²) in [7, 11) is 0. The predicted molar refractivity (Wildman–Crippen MR) is 72.7 cm³/mol. The highest BCUT2D eigenvalue weighted by molar-refractivity contribution is 6.08. The number of carbonyl (C=O) groups is 3. The van der Waals surface area contributed by atoms with E-state index < -0.39 is 71.1 Å². The van der Waals surface area contributed by atoms with Gasteiger partial charge in [0.15, 0.2) is 17.5 Å². The third kappa shape index (κ3) is 1.98. The Labute approximate surface area is 132 Å². The fourth-order valence-electron chi connectivity index (χ4n) is 2.93. The number of piperidine rings is 1. The number of benzene rings is 1. The molecule has 1 fully saturated rings. The molecule has 7 N–H and O–H groups in total. The molecular weight excluding hydrogens is 329 g/mol. The zero-order chi connectivity index (χ0) is 18.0. The molecule has 2 aliphatic heterocycles. The van der Waals surface area contributed by atoms with Crippen molar-refractivity contribution in [3.05, 3.63) is 16.9 Å². The minimum atomic E-state index is -2.86. The number of hydrogen-bond donors (Lipinski definition) is 6. The number of amides is 3. The van der Waals surface area contributed by atoms with E-state index in [9.17, 15) is 39.2 Å². The minimum Gasteiger partial charge on any atom is -0.504 e. The molecule has 1 atom stereocenters. The molecule has 0 bridgehead atoms. The number of rotatable bonds is 1. The molecule has 128 valence electrons. The molecule has 3 rings (SSSR count). The highest BCUT2D eigenvalue weighted by Crippen LogP contribution is 2.44. The van der Waals surface area contributed by atoms with Crippen LogP contribution in [0.2, 0.25) is 0 Å². The van der Waals surface area contributed by atoms with Crippen LogP contribution in [0.25, 0.3) is 0 Å². The van der Waals surface area contributed by atoms with Gasteiger partial charge >= 0.3 is 0 Å². The topological polar surface area (TPSA) is 173 Å². The largest absolute Gasteiger partial charge is 0.504 e. The highest BCUT2D eigenvalue weighted by atomic mass is 19.1. The molecule has 0 aliphatic carbocycles. The Hall–Kier alpha value is -2.92. The molecule has 2 aliphatic rings. The lowest BCUT2D eigenvalue weighted by Gasteiger charge is -2.38. The summed E-state index contributed by atoms with van der Waals surface area (Å²) in [6.45, 7) is -0.503.